The summed E-state index contributed by atoms with van der Waals surface area (Å²) < 4.78 is 11.4. The van der Waals surface area contributed by atoms with Crippen molar-refractivity contribution in [2.75, 3.05) is 13.2 Å². The molecule has 1 aliphatic carbocycles. The van der Waals surface area contributed by atoms with E-state index in [2.05, 4.69) is 0 Å². The van der Waals surface area contributed by atoms with Gasteiger partial charge in [0.2, 0.25) is 0 Å². The van der Waals surface area contributed by atoms with E-state index in [4.69, 9.17) is 9.47 Å². The first kappa shape index (κ1) is 10.5. The van der Waals surface area contributed by atoms with Gasteiger partial charge in [-0.2, -0.15) is 0 Å². The molecule has 1 spiro atoms. The van der Waals surface area contributed by atoms with Crippen LogP contribution in [0.1, 0.15) is 39.0 Å². The molecule has 0 aromatic heterocycles. The minimum absolute atomic E-state index is 0.0176. The fourth-order valence-corrected chi connectivity index (χ4v) is 3.96. The van der Waals surface area contributed by atoms with Gasteiger partial charge in [-0.05, 0) is 32.1 Å². The first-order valence-corrected chi connectivity index (χ1v) is 6.10. The lowest BCUT2D eigenvalue weighted by Gasteiger charge is -2.33. The molecule has 0 aromatic carbocycles. The van der Waals surface area contributed by atoms with E-state index in [-0.39, 0.29) is 12.6 Å². The number of esters is 1. The molecule has 3 fully saturated rings. The summed E-state index contributed by atoms with van der Waals surface area (Å²) in [6.45, 7) is 2.42. The summed E-state index contributed by atoms with van der Waals surface area (Å²) >= 11 is 0. The molecule has 0 unspecified atom stereocenters. The van der Waals surface area contributed by atoms with Crippen molar-refractivity contribution in [1.82, 2.24) is 0 Å². The summed E-state index contributed by atoms with van der Waals surface area (Å²) in [5.74, 6) is -0.107. The molecule has 4 nitrogen and oxygen atoms in total. The lowest BCUT2D eigenvalue weighted by atomic mass is 9.63. The largest absolute Gasteiger partial charge is 0.462 e. The average molecular weight is 226 g/mol. The highest BCUT2D eigenvalue weighted by molar-refractivity contribution is 5.82. The molecule has 2 saturated heterocycles. The maximum atomic E-state index is 12.0. The zero-order valence-corrected chi connectivity index (χ0v) is 9.62. The monoisotopic (exact) mass is 226 g/mol. The van der Waals surface area contributed by atoms with Gasteiger partial charge in [0, 0.05) is 0 Å². The van der Waals surface area contributed by atoms with Crippen LogP contribution >= 0.6 is 0 Å². The minimum atomic E-state index is -0.478. The van der Waals surface area contributed by atoms with Crippen LogP contribution in [0.2, 0.25) is 0 Å². The lowest BCUT2D eigenvalue weighted by Crippen LogP contribution is -2.45. The fraction of sp³-hybridized carbons (Fsp3) is 0.917. The Morgan fingerprint density at radius 3 is 2.94 bits per heavy atom. The molecule has 90 valence electrons. The van der Waals surface area contributed by atoms with Crippen LogP contribution in [0.15, 0.2) is 0 Å². The Labute approximate surface area is 94.9 Å². The van der Waals surface area contributed by atoms with E-state index in [1.165, 1.54) is 0 Å². The van der Waals surface area contributed by atoms with E-state index in [9.17, 15) is 9.90 Å². The van der Waals surface area contributed by atoms with Crippen molar-refractivity contribution < 1.29 is 19.4 Å². The molecule has 3 atom stereocenters. The van der Waals surface area contributed by atoms with Gasteiger partial charge < -0.3 is 14.6 Å². The molecule has 0 amide bonds. The van der Waals surface area contributed by atoms with E-state index in [0.717, 1.165) is 25.7 Å². The van der Waals surface area contributed by atoms with Crippen LogP contribution in [0.25, 0.3) is 0 Å². The summed E-state index contributed by atoms with van der Waals surface area (Å²) in [5.41, 5.74) is -1.42. The normalized spacial score (nSPS) is 50.2. The SMILES string of the molecule is CC[C@@]12COC(=O)[C@@]13CCC[C@](CO)(C3)O2. The van der Waals surface area contributed by atoms with Crippen LogP contribution in [0.4, 0.5) is 0 Å². The number of rotatable bonds is 2. The number of carbonyl (C=O) groups is 1. The summed E-state index contributed by atoms with van der Waals surface area (Å²) in [6, 6.07) is 0. The minimum Gasteiger partial charge on any atom is -0.462 e. The first-order chi connectivity index (χ1) is 7.62. The molecule has 16 heavy (non-hydrogen) atoms. The van der Waals surface area contributed by atoms with Crippen molar-refractivity contribution in [3.63, 3.8) is 0 Å². The third kappa shape index (κ3) is 0.955. The van der Waals surface area contributed by atoms with Gasteiger partial charge >= 0.3 is 5.97 Å². The molecular weight excluding hydrogens is 208 g/mol. The van der Waals surface area contributed by atoms with Crippen molar-refractivity contribution in [2.45, 2.75) is 50.2 Å². The Morgan fingerprint density at radius 1 is 1.44 bits per heavy atom. The predicted molar refractivity (Wildman–Crippen MR) is 55.8 cm³/mol. The van der Waals surface area contributed by atoms with E-state index in [0.29, 0.717) is 13.0 Å². The smallest absolute Gasteiger partial charge is 0.315 e. The van der Waals surface area contributed by atoms with Gasteiger partial charge in [-0.3, -0.25) is 4.79 Å². The number of fused-ring (bicyclic) bond motifs is 1. The third-order valence-electron chi connectivity index (χ3n) is 4.83. The van der Waals surface area contributed by atoms with E-state index >= 15 is 0 Å². The molecule has 3 aliphatic rings. The van der Waals surface area contributed by atoms with Gasteiger partial charge in [0.05, 0.1) is 12.2 Å². The fourth-order valence-electron chi connectivity index (χ4n) is 3.96. The standard InChI is InChI=1S/C12H18O4/c1-2-12-8-15-9(14)11(12)5-3-4-10(6-11,7-13)16-12/h13H,2-8H2,1H3/t10-,11+,12-/m1/s1. The van der Waals surface area contributed by atoms with Gasteiger partial charge in [-0.1, -0.05) is 6.92 Å². The van der Waals surface area contributed by atoms with Crippen molar-refractivity contribution in [1.29, 1.82) is 0 Å². The summed E-state index contributed by atoms with van der Waals surface area (Å²) in [4.78, 5) is 12.0. The van der Waals surface area contributed by atoms with Crippen molar-refractivity contribution in [3.8, 4) is 0 Å². The maximum Gasteiger partial charge on any atom is 0.315 e. The molecule has 1 saturated carbocycles. The number of carbonyl (C=O) groups excluding carboxylic acids is 1. The Balaban J connectivity index is 2.08. The van der Waals surface area contributed by atoms with Crippen LogP contribution in [0, 0.1) is 5.41 Å². The Bertz CT molecular complexity index is 342. The molecule has 2 heterocycles. The summed E-state index contributed by atoms with van der Waals surface area (Å²) in [6.07, 6.45) is 4.07. The zero-order valence-electron chi connectivity index (χ0n) is 9.62. The second kappa shape index (κ2) is 2.99. The highest BCUT2D eigenvalue weighted by atomic mass is 16.6. The summed E-state index contributed by atoms with van der Waals surface area (Å²) in [5, 5.41) is 9.54. The van der Waals surface area contributed by atoms with Crippen molar-refractivity contribution in [2.24, 2.45) is 5.41 Å². The highest BCUT2D eigenvalue weighted by Gasteiger charge is 2.73. The van der Waals surface area contributed by atoms with Gasteiger partial charge in [-0.15, -0.1) is 0 Å². The van der Waals surface area contributed by atoms with Gasteiger partial charge in [0.25, 0.3) is 0 Å². The molecule has 2 aliphatic heterocycles. The quantitative estimate of drug-likeness (QED) is 0.714. The van der Waals surface area contributed by atoms with Crippen LogP contribution in [-0.4, -0.2) is 35.5 Å². The topological polar surface area (TPSA) is 55.8 Å². The molecule has 0 aromatic rings. The lowest BCUT2D eigenvalue weighted by molar-refractivity contribution is -0.150. The first-order valence-electron chi connectivity index (χ1n) is 6.10. The zero-order chi connectivity index (χ0) is 11.4. The maximum absolute atomic E-state index is 12.0. The highest BCUT2D eigenvalue weighted by Crippen LogP contribution is 2.63. The Morgan fingerprint density at radius 2 is 2.25 bits per heavy atom. The second-order valence-electron chi connectivity index (χ2n) is 5.48. The molecule has 2 bridgehead atoms. The van der Waals surface area contributed by atoms with Crippen molar-refractivity contribution in [3.05, 3.63) is 0 Å². The molecule has 3 rings (SSSR count). The number of hydrogen-bond donors (Lipinski definition) is 1. The van der Waals surface area contributed by atoms with Crippen LogP contribution in [0.5, 0.6) is 0 Å². The summed E-state index contributed by atoms with van der Waals surface area (Å²) in [7, 11) is 0. The van der Waals surface area contributed by atoms with E-state index in [1.807, 2.05) is 6.92 Å². The number of hydrogen-bond acceptors (Lipinski definition) is 4. The molecule has 4 heteroatoms. The Kier molecular flexibility index (Phi) is 1.97. The van der Waals surface area contributed by atoms with Gasteiger partial charge in [-0.25, -0.2) is 0 Å². The number of aliphatic hydroxyl groups excluding tert-OH is 1. The number of ether oxygens (including phenoxy) is 2. The van der Waals surface area contributed by atoms with E-state index < -0.39 is 16.6 Å². The number of cyclic esters (lactones) is 1. The van der Waals surface area contributed by atoms with Gasteiger partial charge in [0.15, 0.2) is 0 Å². The Hall–Kier alpha value is -0.610. The van der Waals surface area contributed by atoms with Crippen molar-refractivity contribution >= 4 is 5.97 Å². The van der Waals surface area contributed by atoms with Crippen LogP contribution < -0.4 is 0 Å². The van der Waals surface area contributed by atoms with Crippen LogP contribution in [-0.2, 0) is 14.3 Å². The molecule has 1 N–H and O–H groups in total. The third-order valence-corrected chi connectivity index (χ3v) is 4.83. The second-order valence-corrected chi connectivity index (χ2v) is 5.48. The average Bonchev–Trinajstić information content (AvgIpc) is 2.67. The molecular formula is C12H18O4. The molecule has 0 radical (unpaired) electrons. The van der Waals surface area contributed by atoms with Gasteiger partial charge in [0.1, 0.15) is 17.6 Å². The van der Waals surface area contributed by atoms with Crippen LogP contribution in [0.3, 0.4) is 0 Å². The van der Waals surface area contributed by atoms with E-state index in [1.54, 1.807) is 0 Å². The predicted octanol–water partition coefficient (Wildman–Crippen LogP) is 1.01. The number of aliphatic hydroxyl groups is 1.